The molecule has 0 radical (unpaired) electrons. The minimum atomic E-state index is 0.246. The highest BCUT2D eigenvalue weighted by atomic mass is 35.5. The third-order valence-electron chi connectivity index (χ3n) is 3.23. The number of anilines is 2. The van der Waals surface area contributed by atoms with E-state index in [1.54, 1.807) is 0 Å². The summed E-state index contributed by atoms with van der Waals surface area (Å²) in [5.41, 5.74) is 5.69. The van der Waals surface area contributed by atoms with E-state index in [0.29, 0.717) is 23.9 Å². The van der Waals surface area contributed by atoms with Crippen molar-refractivity contribution in [1.82, 2.24) is 15.0 Å². The van der Waals surface area contributed by atoms with E-state index in [9.17, 15) is 0 Å². The van der Waals surface area contributed by atoms with E-state index in [1.165, 1.54) is 6.42 Å². The van der Waals surface area contributed by atoms with E-state index in [1.807, 2.05) is 0 Å². The molecular formula is C11H18ClN5. The van der Waals surface area contributed by atoms with Gasteiger partial charge in [0.15, 0.2) is 5.82 Å². The van der Waals surface area contributed by atoms with Crippen LogP contribution >= 0.6 is 11.6 Å². The van der Waals surface area contributed by atoms with Crippen molar-refractivity contribution in [3.63, 3.8) is 0 Å². The Morgan fingerprint density at radius 2 is 1.88 bits per heavy atom. The predicted molar refractivity (Wildman–Crippen MR) is 69.1 cm³/mol. The van der Waals surface area contributed by atoms with Crippen LogP contribution < -0.4 is 10.6 Å². The van der Waals surface area contributed by atoms with Crippen LogP contribution in [-0.2, 0) is 5.88 Å². The van der Waals surface area contributed by atoms with E-state index in [4.69, 9.17) is 17.3 Å². The standard InChI is InChI=1S/C11H18ClN5/c1-7-4-3-5-8(2)17(7)11-15-9(6-12)14-10(13)16-11/h7-8H,3-6H2,1-2H3,(H2,13,14,15,16)/t7-,8+. The number of nitrogens with two attached hydrogens (primary N) is 1. The van der Waals surface area contributed by atoms with Gasteiger partial charge in [0.25, 0.3) is 0 Å². The fraction of sp³-hybridized carbons (Fsp3) is 0.727. The number of halogens is 1. The second-order valence-electron chi connectivity index (χ2n) is 4.58. The van der Waals surface area contributed by atoms with Gasteiger partial charge in [0.1, 0.15) is 0 Å². The van der Waals surface area contributed by atoms with Crippen molar-refractivity contribution in [3.8, 4) is 0 Å². The zero-order valence-electron chi connectivity index (χ0n) is 10.2. The Balaban J connectivity index is 2.34. The summed E-state index contributed by atoms with van der Waals surface area (Å²) in [6.07, 6.45) is 3.57. The summed E-state index contributed by atoms with van der Waals surface area (Å²) in [5, 5.41) is 0. The van der Waals surface area contributed by atoms with Gasteiger partial charge in [0.2, 0.25) is 11.9 Å². The van der Waals surface area contributed by atoms with Gasteiger partial charge in [-0.1, -0.05) is 0 Å². The van der Waals surface area contributed by atoms with Crippen LogP contribution in [0.1, 0.15) is 38.9 Å². The zero-order valence-corrected chi connectivity index (χ0v) is 11.0. The van der Waals surface area contributed by atoms with Crippen molar-refractivity contribution in [1.29, 1.82) is 0 Å². The Morgan fingerprint density at radius 3 is 2.47 bits per heavy atom. The van der Waals surface area contributed by atoms with Crippen LogP contribution in [0.5, 0.6) is 0 Å². The Bertz CT molecular complexity index is 387. The van der Waals surface area contributed by atoms with Crippen LogP contribution in [0.15, 0.2) is 0 Å². The molecule has 1 saturated heterocycles. The molecule has 0 spiro atoms. The molecule has 0 saturated carbocycles. The summed E-state index contributed by atoms with van der Waals surface area (Å²) in [4.78, 5) is 14.8. The monoisotopic (exact) mass is 255 g/mol. The molecule has 0 bridgehead atoms. The Hall–Kier alpha value is -1.10. The van der Waals surface area contributed by atoms with Crippen LogP contribution in [0.2, 0.25) is 0 Å². The number of hydrogen-bond donors (Lipinski definition) is 1. The molecule has 0 unspecified atom stereocenters. The van der Waals surface area contributed by atoms with Crippen LogP contribution in [0.25, 0.3) is 0 Å². The van der Waals surface area contributed by atoms with Gasteiger partial charge in [-0.3, -0.25) is 0 Å². The quantitative estimate of drug-likeness (QED) is 0.819. The fourth-order valence-corrected chi connectivity index (χ4v) is 2.54. The first-order valence-corrected chi connectivity index (χ1v) is 6.50. The van der Waals surface area contributed by atoms with Gasteiger partial charge in [-0.25, -0.2) is 0 Å². The second-order valence-corrected chi connectivity index (χ2v) is 4.85. The SMILES string of the molecule is C[C@@H]1CCC[C@H](C)N1c1nc(N)nc(CCl)n1. The minimum Gasteiger partial charge on any atom is -0.368 e. The Morgan fingerprint density at radius 1 is 1.24 bits per heavy atom. The van der Waals surface area contributed by atoms with Gasteiger partial charge in [-0.2, -0.15) is 15.0 Å². The highest BCUT2D eigenvalue weighted by Crippen LogP contribution is 2.26. The summed E-state index contributed by atoms with van der Waals surface area (Å²) in [6.45, 7) is 4.38. The number of piperidine rings is 1. The summed E-state index contributed by atoms with van der Waals surface area (Å²) in [6, 6.07) is 0.868. The van der Waals surface area contributed by atoms with Gasteiger partial charge in [0, 0.05) is 12.1 Å². The average Bonchev–Trinajstić information content (AvgIpc) is 2.28. The Labute approximate surface area is 106 Å². The lowest BCUT2D eigenvalue weighted by molar-refractivity contribution is 0.407. The van der Waals surface area contributed by atoms with Gasteiger partial charge in [0.05, 0.1) is 5.88 Å². The van der Waals surface area contributed by atoms with Crippen molar-refractivity contribution in [3.05, 3.63) is 5.82 Å². The van der Waals surface area contributed by atoms with E-state index in [2.05, 4.69) is 33.7 Å². The fourth-order valence-electron chi connectivity index (χ4n) is 2.42. The lowest BCUT2D eigenvalue weighted by atomic mass is 9.98. The molecule has 1 aromatic rings. The van der Waals surface area contributed by atoms with Gasteiger partial charge >= 0.3 is 0 Å². The van der Waals surface area contributed by atoms with E-state index in [0.717, 1.165) is 12.8 Å². The van der Waals surface area contributed by atoms with Crippen LogP contribution in [0, 0.1) is 0 Å². The molecular weight excluding hydrogens is 238 g/mol. The molecule has 1 aliphatic rings. The predicted octanol–water partition coefficient (Wildman–Crippen LogP) is 1.96. The first kappa shape index (κ1) is 12.4. The maximum Gasteiger partial charge on any atom is 0.230 e. The molecule has 5 nitrogen and oxygen atoms in total. The molecule has 17 heavy (non-hydrogen) atoms. The van der Waals surface area contributed by atoms with Crippen molar-refractivity contribution < 1.29 is 0 Å². The maximum atomic E-state index is 5.76. The zero-order chi connectivity index (χ0) is 12.4. The molecule has 2 N–H and O–H groups in total. The topological polar surface area (TPSA) is 67.9 Å². The molecule has 0 amide bonds. The normalized spacial score (nSPS) is 25.0. The van der Waals surface area contributed by atoms with Crippen molar-refractivity contribution in [2.45, 2.75) is 51.1 Å². The van der Waals surface area contributed by atoms with Crippen LogP contribution in [-0.4, -0.2) is 27.0 Å². The molecule has 1 fully saturated rings. The van der Waals surface area contributed by atoms with Crippen molar-refractivity contribution >= 4 is 23.5 Å². The molecule has 2 heterocycles. The molecule has 94 valence electrons. The molecule has 0 aromatic carbocycles. The third kappa shape index (κ3) is 2.60. The number of alkyl halides is 1. The van der Waals surface area contributed by atoms with E-state index < -0.39 is 0 Å². The highest BCUT2D eigenvalue weighted by molar-refractivity contribution is 6.16. The highest BCUT2D eigenvalue weighted by Gasteiger charge is 2.27. The number of rotatable bonds is 2. The van der Waals surface area contributed by atoms with Gasteiger partial charge in [-0.05, 0) is 33.1 Å². The third-order valence-corrected chi connectivity index (χ3v) is 3.47. The summed E-state index contributed by atoms with van der Waals surface area (Å²) in [5.74, 6) is 1.71. The minimum absolute atomic E-state index is 0.246. The lowest BCUT2D eigenvalue weighted by Crippen LogP contribution is -2.45. The van der Waals surface area contributed by atoms with Crippen molar-refractivity contribution in [2.24, 2.45) is 0 Å². The number of aromatic nitrogens is 3. The number of nitrogen functional groups attached to an aromatic ring is 1. The molecule has 1 aliphatic heterocycles. The average molecular weight is 256 g/mol. The number of hydrogen-bond acceptors (Lipinski definition) is 5. The van der Waals surface area contributed by atoms with Gasteiger partial charge < -0.3 is 10.6 Å². The van der Waals surface area contributed by atoms with Crippen LogP contribution in [0.3, 0.4) is 0 Å². The van der Waals surface area contributed by atoms with Crippen LogP contribution in [0.4, 0.5) is 11.9 Å². The Kier molecular flexibility index (Phi) is 3.66. The largest absolute Gasteiger partial charge is 0.368 e. The van der Waals surface area contributed by atoms with E-state index >= 15 is 0 Å². The molecule has 0 aliphatic carbocycles. The van der Waals surface area contributed by atoms with E-state index in [-0.39, 0.29) is 11.8 Å². The molecule has 2 atom stereocenters. The lowest BCUT2D eigenvalue weighted by Gasteiger charge is -2.39. The molecule has 2 rings (SSSR count). The second kappa shape index (κ2) is 5.04. The summed E-state index contributed by atoms with van der Waals surface area (Å²) < 4.78 is 0. The number of nitrogens with zero attached hydrogens (tertiary/aromatic N) is 4. The van der Waals surface area contributed by atoms with Crippen molar-refractivity contribution in [2.75, 3.05) is 10.6 Å². The first-order chi connectivity index (χ1) is 8.11. The smallest absolute Gasteiger partial charge is 0.230 e. The summed E-state index contributed by atoms with van der Waals surface area (Å²) in [7, 11) is 0. The van der Waals surface area contributed by atoms with Gasteiger partial charge in [-0.15, -0.1) is 11.6 Å². The summed E-state index contributed by atoms with van der Waals surface area (Å²) >= 11 is 5.76. The first-order valence-electron chi connectivity index (χ1n) is 5.96. The molecule has 1 aromatic heterocycles. The maximum absolute atomic E-state index is 5.76. The molecule has 6 heteroatoms.